The highest BCUT2D eigenvalue weighted by Gasteiger charge is 2.21. The van der Waals surface area contributed by atoms with E-state index in [4.69, 9.17) is 15.2 Å². The van der Waals surface area contributed by atoms with Crippen LogP contribution >= 0.6 is 0 Å². The molecule has 0 fully saturated rings. The lowest BCUT2D eigenvalue weighted by Crippen LogP contribution is -2.37. The van der Waals surface area contributed by atoms with Crippen LogP contribution in [0.15, 0.2) is 47.6 Å². The second-order valence-electron chi connectivity index (χ2n) is 5.26. The van der Waals surface area contributed by atoms with Crippen molar-refractivity contribution in [3.8, 4) is 11.5 Å². The molecule has 0 saturated carbocycles. The maximum absolute atomic E-state index is 6.01. The number of methoxy groups -OCH3 is 1. The molecule has 1 aromatic carbocycles. The van der Waals surface area contributed by atoms with Crippen LogP contribution in [0, 0.1) is 0 Å². The third-order valence-corrected chi connectivity index (χ3v) is 3.73. The fourth-order valence-corrected chi connectivity index (χ4v) is 2.51. The summed E-state index contributed by atoms with van der Waals surface area (Å²) in [5.41, 5.74) is 7.96. The molecule has 1 unspecified atom stereocenters. The zero-order valence-electron chi connectivity index (χ0n) is 13.0. The molecule has 0 bridgehead atoms. The third-order valence-electron chi connectivity index (χ3n) is 3.73. The summed E-state index contributed by atoms with van der Waals surface area (Å²) in [6, 6.07) is 11.8. The largest absolute Gasteiger partial charge is 0.495 e. The van der Waals surface area contributed by atoms with Crippen molar-refractivity contribution in [2.45, 2.75) is 19.0 Å². The van der Waals surface area contributed by atoms with E-state index in [0.29, 0.717) is 19.1 Å². The summed E-state index contributed by atoms with van der Waals surface area (Å²) in [4.78, 5) is 8.62. The molecule has 3 rings (SSSR count). The molecule has 120 valence electrons. The van der Waals surface area contributed by atoms with Gasteiger partial charge in [0.25, 0.3) is 0 Å². The molecule has 1 aliphatic rings. The number of aromatic nitrogens is 1. The van der Waals surface area contributed by atoms with Crippen molar-refractivity contribution < 1.29 is 9.47 Å². The summed E-state index contributed by atoms with van der Waals surface area (Å²) in [5.74, 6) is 2.04. The molecule has 2 heterocycles. The third kappa shape index (κ3) is 3.71. The van der Waals surface area contributed by atoms with Crippen molar-refractivity contribution in [1.82, 2.24) is 10.3 Å². The minimum atomic E-state index is 0.118. The standard InChI is InChI=1S/C17H20N4O2/c1-22-13-7-6-12(19-11-13)10-20-17(18)21-15-8-9-23-16-5-3-2-4-14(15)16/h2-7,11,15H,8-10H2,1H3,(H3,18,20,21). The average Bonchev–Trinajstić information content (AvgIpc) is 2.61. The highest BCUT2D eigenvalue weighted by molar-refractivity contribution is 5.78. The number of para-hydroxylation sites is 1. The van der Waals surface area contributed by atoms with Gasteiger partial charge in [-0.05, 0) is 18.2 Å². The van der Waals surface area contributed by atoms with Gasteiger partial charge in [-0.15, -0.1) is 0 Å². The van der Waals surface area contributed by atoms with E-state index in [1.54, 1.807) is 13.3 Å². The second-order valence-corrected chi connectivity index (χ2v) is 5.26. The summed E-state index contributed by atoms with van der Waals surface area (Å²) >= 11 is 0. The van der Waals surface area contributed by atoms with Crippen LogP contribution in [0.4, 0.5) is 0 Å². The van der Waals surface area contributed by atoms with Crippen molar-refractivity contribution in [3.63, 3.8) is 0 Å². The fraction of sp³-hybridized carbons (Fsp3) is 0.294. The van der Waals surface area contributed by atoms with E-state index >= 15 is 0 Å². The molecule has 0 radical (unpaired) electrons. The number of pyridine rings is 1. The van der Waals surface area contributed by atoms with Gasteiger partial charge in [0.2, 0.25) is 0 Å². The number of hydrogen-bond donors (Lipinski definition) is 2. The zero-order valence-corrected chi connectivity index (χ0v) is 13.0. The molecule has 1 aromatic heterocycles. The van der Waals surface area contributed by atoms with Crippen molar-refractivity contribution in [2.24, 2.45) is 10.7 Å². The molecule has 1 atom stereocenters. The number of nitrogens with one attached hydrogen (secondary N) is 1. The van der Waals surface area contributed by atoms with E-state index in [1.165, 1.54) is 0 Å². The van der Waals surface area contributed by atoms with E-state index in [-0.39, 0.29) is 6.04 Å². The van der Waals surface area contributed by atoms with Crippen LogP contribution in [0.25, 0.3) is 0 Å². The normalized spacial score (nSPS) is 17.1. The molecule has 23 heavy (non-hydrogen) atoms. The Morgan fingerprint density at radius 2 is 2.26 bits per heavy atom. The summed E-state index contributed by atoms with van der Waals surface area (Å²) in [6.07, 6.45) is 2.53. The molecular formula is C17H20N4O2. The van der Waals surface area contributed by atoms with Gasteiger partial charge in [-0.3, -0.25) is 4.98 Å². The number of nitrogens with two attached hydrogens (primary N) is 1. The highest BCUT2D eigenvalue weighted by Crippen LogP contribution is 2.31. The number of rotatable bonds is 4. The van der Waals surface area contributed by atoms with Gasteiger partial charge in [-0.1, -0.05) is 18.2 Å². The Labute approximate surface area is 135 Å². The quantitative estimate of drug-likeness (QED) is 0.667. The van der Waals surface area contributed by atoms with Gasteiger partial charge in [0.15, 0.2) is 5.96 Å². The minimum Gasteiger partial charge on any atom is -0.495 e. The molecule has 6 heteroatoms. The lowest BCUT2D eigenvalue weighted by molar-refractivity contribution is 0.262. The average molecular weight is 312 g/mol. The van der Waals surface area contributed by atoms with E-state index in [9.17, 15) is 0 Å². The number of hydrogen-bond acceptors (Lipinski definition) is 4. The first-order valence-corrected chi connectivity index (χ1v) is 7.53. The van der Waals surface area contributed by atoms with E-state index in [1.807, 2.05) is 36.4 Å². The Bertz CT molecular complexity index is 685. The lowest BCUT2D eigenvalue weighted by Gasteiger charge is -2.26. The van der Waals surface area contributed by atoms with Crippen LogP contribution in [0.3, 0.4) is 0 Å². The Hall–Kier alpha value is -2.76. The van der Waals surface area contributed by atoms with Crippen LogP contribution in [0.2, 0.25) is 0 Å². The molecule has 0 saturated heterocycles. The number of fused-ring (bicyclic) bond motifs is 1. The molecule has 0 amide bonds. The SMILES string of the molecule is COc1ccc(CN=C(N)NC2CCOc3ccccc32)nc1. The molecule has 1 aliphatic heterocycles. The van der Waals surface area contributed by atoms with Crippen molar-refractivity contribution in [3.05, 3.63) is 53.9 Å². The van der Waals surface area contributed by atoms with E-state index < -0.39 is 0 Å². The topological polar surface area (TPSA) is 81.8 Å². The first-order valence-electron chi connectivity index (χ1n) is 7.53. The highest BCUT2D eigenvalue weighted by atomic mass is 16.5. The molecule has 6 nitrogen and oxygen atoms in total. The van der Waals surface area contributed by atoms with Gasteiger partial charge in [0.05, 0.1) is 38.2 Å². The van der Waals surface area contributed by atoms with Gasteiger partial charge in [-0.2, -0.15) is 0 Å². The van der Waals surface area contributed by atoms with Crippen LogP contribution in [-0.2, 0) is 6.54 Å². The van der Waals surface area contributed by atoms with Crippen molar-refractivity contribution >= 4 is 5.96 Å². The van der Waals surface area contributed by atoms with Crippen molar-refractivity contribution in [2.75, 3.05) is 13.7 Å². The first-order chi connectivity index (χ1) is 11.3. The van der Waals surface area contributed by atoms with Gasteiger partial charge in [-0.25, -0.2) is 4.99 Å². The van der Waals surface area contributed by atoms with Gasteiger partial charge < -0.3 is 20.5 Å². The van der Waals surface area contributed by atoms with E-state index in [0.717, 1.165) is 29.2 Å². The maximum atomic E-state index is 6.01. The van der Waals surface area contributed by atoms with Crippen LogP contribution in [0.5, 0.6) is 11.5 Å². The van der Waals surface area contributed by atoms with Gasteiger partial charge in [0.1, 0.15) is 11.5 Å². The Kier molecular flexibility index (Phi) is 4.61. The zero-order chi connectivity index (χ0) is 16.1. The smallest absolute Gasteiger partial charge is 0.189 e. The number of benzene rings is 1. The van der Waals surface area contributed by atoms with Gasteiger partial charge >= 0.3 is 0 Å². The maximum Gasteiger partial charge on any atom is 0.189 e. The molecule has 3 N–H and O–H groups in total. The molecule has 0 spiro atoms. The predicted molar refractivity (Wildman–Crippen MR) is 88.5 cm³/mol. The Balaban J connectivity index is 1.63. The number of nitrogens with zero attached hydrogens (tertiary/aromatic N) is 2. The summed E-state index contributed by atoms with van der Waals surface area (Å²) in [6.45, 7) is 1.09. The lowest BCUT2D eigenvalue weighted by atomic mass is 10.0. The van der Waals surface area contributed by atoms with Gasteiger partial charge in [0, 0.05) is 12.0 Å². The van der Waals surface area contributed by atoms with Crippen LogP contribution < -0.4 is 20.5 Å². The summed E-state index contributed by atoms with van der Waals surface area (Å²) in [7, 11) is 1.61. The summed E-state index contributed by atoms with van der Waals surface area (Å²) in [5, 5.41) is 3.26. The van der Waals surface area contributed by atoms with Crippen molar-refractivity contribution in [1.29, 1.82) is 0 Å². The number of ether oxygens (including phenoxy) is 2. The van der Waals surface area contributed by atoms with Crippen LogP contribution in [-0.4, -0.2) is 24.7 Å². The van der Waals surface area contributed by atoms with E-state index in [2.05, 4.69) is 15.3 Å². The summed E-state index contributed by atoms with van der Waals surface area (Å²) < 4.78 is 10.7. The minimum absolute atomic E-state index is 0.118. The monoisotopic (exact) mass is 312 g/mol. The number of guanidine groups is 1. The molecule has 0 aliphatic carbocycles. The fourth-order valence-electron chi connectivity index (χ4n) is 2.51. The Morgan fingerprint density at radius 3 is 3.04 bits per heavy atom. The van der Waals surface area contributed by atoms with Crippen LogP contribution in [0.1, 0.15) is 23.7 Å². The Morgan fingerprint density at radius 1 is 1.39 bits per heavy atom. The first kappa shape index (κ1) is 15.1. The predicted octanol–water partition coefficient (Wildman–Crippen LogP) is 2.02. The molecule has 2 aromatic rings. The molecular weight excluding hydrogens is 292 g/mol. The number of aliphatic imine (C=N–C) groups is 1. The second kappa shape index (κ2) is 7.00.